The first-order chi connectivity index (χ1) is 8.74. The maximum absolute atomic E-state index is 11.8. The predicted octanol–water partition coefficient (Wildman–Crippen LogP) is 1.27. The Bertz CT molecular complexity index is 521. The van der Waals surface area contributed by atoms with Crippen LogP contribution in [0.2, 0.25) is 0 Å². The van der Waals surface area contributed by atoms with Crippen LogP contribution < -0.4 is 0 Å². The van der Waals surface area contributed by atoms with Gasteiger partial charge in [-0.05, 0) is 12.0 Å². The van der Waals surface area contributed by atoms with Crippen LogP contribution in [0, 0.1) is 0 Å². The van der Waals surface area contributed by atoms with E-state index in [1.165, 1.54) is 11.6 Å². The first-order valence-corrected chi connectivity index (χ1v) is 6.00. The minimum Gasteiger partial charge on any atom is -0.452 e. The van der Waals surface area contributed by atoms with Crippen LogP contribution in [-0.2, 0) is 20.7 Å². The molecule has 2 aliphatic rings. The first kappa shape index (κ1) is 11.0. The number of esters is 1. The van der Waals surface area contributed by atoms with Crippen molar-refractivity contribution in [1.29, 1.82) is 0 Å². The van der Waals surface area contributed by atoms with Crippen LogP contribution in [-0.4, -0.2) is 29.4 Å². The Balaban J connectivity index is 1.71. The van der Waals surface area contributed by atoms with E-state index in [1.54, 1.807) is 4.90 Å². The summed E-state index contributed by atoms with van der Waals surface area (Å²) in [5.41, 5.74) is 1.90. The number of carbonyl (C=O) groups excluding carboxylic acids is 2. The molecule has 18 heavy (non-hydrogen) atoms. The Hall–Kier alpha value is -2.10. The van der Waals surface area contributed by atoms with Gasteiger partial charge in [0.1, 0.15) is 0 Å². The SMILES string of the molecule is O=C1C=C2[C@H](CC(=O)N2CCc2ccccc2)O1. The Morgan fingerprint density at radius 3 is 2.78 bits per heavy atom. The number of amides is 1. The third-order valence-corrected chi connectivity index (χ3v) is 3.29. The molecule has 4 nitrogen and oxygen atoms in total. The molecule has 0 N–H and O–H groups in total. The number of hydrogen-bond donors (Lipinski definition) is 0. The van der Waals surface area contributed by atoms with E-state index in [0.29, 0.717) is 6.54 Å². The fourth-order valence-corrected chi connectivity index (χ4v) is 2.40. The van der Waals surface area contributed by atoms with Crippen molar-refractivity contribution in [3.63, 3.8) is 0 Å². The number of likely N-dealkylation sites (tertiary alicyclic amines) is 1. The molecule has 3 rings (SSSR count). The van der Waals surface area contributed by atoms with Crippen LogP contribution in [0.1, 0.15) is 12.0 Å². The van der Waals surface area contributed by atoms with E-state index in [1.807, 2.05) is 30.3 Å². The highest BCUT2D eigenvalue weighted by Gasteiger charge is 2.41. The molecular formula is C14H13NO3. The molecule has 0 spiro atoms. The van der Waals surface area contributed by atoms with Gasteiger partial charge in [-0.3, -0.25) is 4.79 Å². The summed E-state index contributed by atoms with van der Waals surface area (Å²) in [6.07, 6.45) is 2.15. The standard InChI is InChI=1S/C14H13NO3/c16-13-9-12-11(8-14(17)18-12)15(13)7-6-10-4-2-1-3-5-10/h1-5,8,12H,6-7,9H2/t12-/m0/s1. The van der Waals surface area contributed by atoms with Crippen molar-refractivity contribution in [2.75, 3.05) is 6.54 Å². The Kier molecular flexibility index (Phi) is 2.63. The summed E-state index contributed by atoms with van der Waals surface area (Å²) in [5.74, 6) is -0.304. The van der Waals surface area contributed by atoms with Crippen molar-refractivity contribution in [3.8, 4) is 0 Å². The molecule has 1 amide bonds. The molecule has 0 radical (unpaired) electrons. The van der Waals surface area contributed by atoms with E-state index in [4.69, 9.17) is 4.74 Å². The van der Waals surface area contributed by atoms with E-state index >= 15 is 0 Å². The molecule has 1 saturated heterocycles. The summed E-state index contributed by atoms with van der Waals surface area (Å²) in [6, 6.07) is 9.98. The van der Waals surface area contributed by atoms with E-state index in [9.17, 15) is 9.59 Å². The van der Waals surface area contributed by atoms with E-state index in [0.717, 1.165) is 12.1 Å². The number of ether oxygens (including phenoxy) is 1. The average molecular weight is 243 g/mol. The first-order valence-electron chi connectivity index (χ1n) is 6.00. The number of benzene rings is 1. The van der Waals surface area contributed by atoms with Crippen LogP contribution in [0.3, 0.4) is 0 Å². The second-order valence-corrected chi connectivity index (χ2v) is 4.48. The molecular weight excluding hydrogens is 230 g/mol. The third-order valence-electron chi connectivity index (χ3n) is 3.29. The lowest BCUT2D eigenvalue weighted by molar-refractivity contribution is -0.139. The van der Waals surface area contributed by atoms with Gasteiger partial charge in [0, 0.05) is 12.6 Å². The molecule has 1 atom stereocenters. The van der Waals surface area contributed by atoms with Crippen LogP contribution >= 0.6 is 0 Å². The molecule has 0 saturated carbocycles. The molecule has 1 aromatic carbocycles. The Labute approximate surface area is 105 Å². The Morgan fingerprint density at radius 2 is 2.00 bits per heavy atom. The number of hydrogen-bond acceptors (Lipinski definition) is 3. The van der Waals surface area contributed by atoms with Gasteiger partial charge >= 0.3 is 5.97 Å². The molecule has 0 bridgehead atoms. The fraction of sp³-hybridized carbons (Fsp3) is 0.286. The third kappa shape index (κ3) is 1.90. The number of rotatable bonds is 3. The molecule has 0 aromatic heterocycles. The topological polar surface area (TPSA) is 46.6 Å². The van der Waals surface area contributed by atoms with E-state index < -0.39 is 0 Å². The minimum atomic E-state index is -0.347. The van der Waals surface area contributed by atoms with Crippen LogP contribution in [0.4, 0.5) is 0 Å². The summed E-state index contributed by atoms with van der Waals surface area (Å²) >= 11 is 0. The molecule has 92 valence electrons. The summed E-state index contributed by atoms with van der Waals surface area (Å²) in [4.78, 5) is 24.6. The highest BCUT2D eigenvalue weighted by atomic mass is 16.5. The zero-order valence-corrected chi connectivity index (χ0v) is 9.83. The van der Waals surface area contributed by atoms with Crippen LogP contribution in [0.5, 0.6) is 0 Å². The van der Waals surface area contributed by atoms with Crippen molar-refractivity contribution in [3.05, 3.63) is 47.7 Å². The summed E-state index contributed by atoms with van der Waals surface area (Å²) < 4.78 is 5.04. The second-order valence-electron chi connectivity index (χ2n) is 4.48. The van der Waals surface area contributed by atoms with Gasteiger partial charge in [0.15, 0.2) is 6.10 Å². The van der Waals surface area contributed by atoms with Gasteiger partial charge < -0.3 is 9.64 Å². The molecule has 1 aromatic rings. The number of fused-ring (bicyclic) bond motifs is 1. The zero-order chi connectivity index (χ0) is 12.5. The molecule has 2 aliphatic heterocycles. The highest BCUT2D eigenvalue weighted by Crippen LogP contribution is 2.30. The smallest absolute Gasteiger partial charge is 0.333 e. The van der Waals surface area contributed by atoms with Crippen molar-refractivity contribution < 1.29 is 14.3 Å². The van der Waals surface area contributed by atoms with Gasteiger partial charge in [-0.15, -0.1) is 0 Å². The normalized spacial score (nSPS) is 21.9. The van der Waals surface area contributed by atoms with Gasteiger partial charge in [0.25, 0.3) is 0 Å². The van der Waals surface area contributed by atoms with Crippen molar-refractivity contribution in [2.45, 2.75) is 18.9 Å². The highest BCUT2D eigenvalue weighted by molar-refractivity contribution is 5.92. The van der Waals surface area contributed by atoms with Crippen molar-refractivity contribution >= 4 is 11.9 Å². The molecule has 2 heterocycles. The minimum absolute atomic E-state index is 0.0367. The molecule has 4 heteroatoms. The van der Waals surface area contributed by atoms with Crippen LogP contribution in [0.25, 0.3) is 0 Å². The van der Waals surface area contributed by atoms with Gasteiger partial charge in [0.05, 0.1) is 12.1 Å². The zero-order valence-electron chi connectivity index (χ0n) is 9.83. The summed E-state index contributed by atoms with van der Waals surface area (Å²) in [5, 5.41) is 0. The van der Waals surface area contributed by atoms with Gasteiger partial charge in [-0.25, -0.2) is 4.79 Å². The van der Waals surface area contributed by atoms with Crippen molar-refractivity contribution in [1.82, 2.24) is 4.90 Å². The lowest BCUT2D eigenvalue weighted by Crippen LogP contribution is -2.26. The summed E-state index contributed by atoms with van der Waals surface area (Å²) in [6.45, 7) is 0.599. The van der Waals surface area contributed by atoms with Crippen LogP contribution in [0.15, 0.2) is 42.1 Å². The molecule has 0 aliphatic carbocycles. The maximum atomic E-state index is 11.8. The molecule has 0 unspecified atom stereocenters. The van der Waals surface area contributed by atoms with Gasteiger partial charge in [0.2, 0.25) is 5.91 Å². The lowest BCUT2D eigenvalue weighted by atomic mass is 10.1. The van der Waals surface area contributed by atoms with E-state index in [-0.39, 0.29) is 24.4 Å². The summed E-state index contributed by atoms with van der Waals surface area (Å²) in [7, 11) is 0. The number of carbonyl (C=O) groups is 2. The largest absolute Gasteiger partial charge is 0.452 e. The fourth-order valence-electron chi connectivity index (χ4n) is 2.40. The molecule has 1 fully saturated rings. The number of nitrogens with zero attached hydrogens (tertiary/aromatic N) is 1. The predicted molar refractivity (Wildman–Crippen MR) is 64.4 cm³/mol. The monoisotopic (exact) mass is 243 g/mol. The van der Waals surface area contributed by atoms with Gasteiger partial charge in [-0.2, -0.15) is 0 Å². The second kappa shape index (κ2) is 4.29. The average Bonchev–Trinajstić information content (AvgIpc) is 2.84. The quantitative estimate of drug-likeness (QED) is 0.751. The maximum Gasteiger partial charge on any atom is 0.333 e. The Morgan fingerprint density at radius 1 is 1.22 bits per heavy atom. The van der Waals surface area contributed by atoms with E-state index in [2.05, 4.69) is 0 Å². The van der Waals surface area contributed by atoms with Gasteiger partial charge in [-0.1, -0.05) is 30.3 Å². The van der Waals surface area contributed by atoms with Crippen molar-refractivity contribution in [2.24, 2.45) is 0 Å². The lowest BCUT2D eigenvalue weighted by Gasteiger charge is -2.16.